The van der Waals surface area contributed by atoms with Crippen molar-refractivity contribution < 1.29 is 4.79 Å². The summed E-state index contributed by atoms with van der Waals surface area (Å²) in [5.74, 6) is 0.826. The second-order valence-electron chi connectivity index (χ2n) is 6.13. The standard InChI is InChI=1S/C17H24BrNO/c1-12(2)10-14(11-18)19-17(20)16-9-5-7-13-6-3-4-8-15(13)16/h3-4,6,8,12,14,16H,5,7,9-11H2,1-2H3,(H,19,20). The second kappa shape index (κ2) is 7.26. The van der Waals surface area contributed by atoms with Crippen molar-refractivity contribution in [1.82, 2.24) is 5.32 Å². The molecule has 1 aliphatic carbocycles. The predicted molar refractivity (Wildman–Crippen MR) is 87.3 cm³/mol. The topological polar surface area (TPSA) is 29.1 Å². The molecule has 0 aromatic heterocycles. The first-order valence-electron chi connectivity index (χ1n) is 7.56. The molecule has 0 saturated heterocycles. The van der Waals surface area contributed by atoms with E-state index in [2.05, 4.69) is 53.3 Å². The fourth-order valence-corrected chi connectivity index (χ4v) is 3.48. The molecule has 1 aromatic rings. The van der Waals surface area contributed by atoms with E-state index in [9.17, 15) is 4.79 Å². The number of carbonyl (C=O) groups excluding carboxylic acids is 1. The average Bonchev–Trinajstić information content (AvgIpc) is 2.45. The van der Waals surface area contributed by atoms with Crippen molar-refractivity contribution in [3.63, 3.8) is 0 Å². The molecule has 2 rings (SSSR count). The molecule has 0 radical (unpaired) electrons. The summed E-state index contributed by atoms with van der Waals surface area (Å²) in [7, 11) is 0. The van der Waals surface area contributed by atoms with Gasteiger partial charge in [0.25, 0.3) is 0 Å². The quantitative estimate of drug-likeness (QED) is 0.807. The Kier molecular flexibility index (Phi) is 5.64. The Hall–Kier alpha value is -0.830. The van der Waals surface area contributed by atoms with Gasteiger partial charge in [-0.1, -0.05) is 54.0 Å². The van der Waals surface area contributed by atoms with E-state index < -0.39 is 0 Å². The van der Waals surface area contributed by atoms with Gasteiger partial charge in [0.05, 0.1) is 5.92 Å². The van der Waals surface area contributed by atoms with Crippen LogP contribution in [0.1, 0.15) is 50.2 Å². The van der Waals surface area contributed by atoms with Crippen LogP contribution in [0.4, 0.5) is 0 Å². The van der Waals surface area contributed by atoms with Crippen molar-refractivity contribution in [2.75, 3.05) is 5.33 Å². The van der Waals surface area contributed by atoms with Crippen molar-refractivity contribution in [1.29, 1.82) is 0 Å². The van der Waals surface area contributed by atoms with Gasteiger partial charge in [0.1, 0.15) is 0 Å². The first-order chi connectivity index (χ1) is 9.61. The van der Waals surface area contributed by atoms with Crippen LogP contribution in [0.3, 0.4) is 0 Å². The van der Waals surface area contributed by atoms with Crippen molar-refractivity contribution >= 4 is 21.8 Å². The highest BCUT2D eigenvalue weighted by molar-refractivity contribution is 9.09. The first-order valence-corrected chi connectivity index (χ1v) is 8.68. The number of rotatable bonds is 5. The van der Waals surface area contributed by atoms with Crippen molar-refractivity contribution in [3.8, 4) is 0 Å². The second-order valence-corrected chi connectivity index (χ2v) is 6.78. The maximum absolute atomic E-state index is 12.6. The molecule has 0 bridgehead atoms. The molecule has 0 heterocycles. The van der Waals surface area contributed by atoms with Crippen LogP contribution < -0.4 is 5.32 Å². The Morgan fingerprint density at radius 3 is 2.85 bits per heavy atom. The summed E-state index contributed by atoms with van der Waals surface area (Å²) in [5.41, 5.74) is 2.58. The lowest BCUT2D eigenvalue weighted by atomic mass is 9.82. The molecule has 1 amide bonds. The molecule has 0 fully saturated rings. The minimum atomic E-state index is 0.0358. The number of carbonyl (C=O) groups is 1. The van der Waals surface area contributed by atoms with Crippen molar-refractivity contribution in [3.05, 3.63) is 35.4 Å². The van der Waals surface area contributed by atoms with Gasteiger partial charge < -0.3 is 5.32 Å². The molecule has 2 atom stereocenters. The van der Waals surface area contributed by atoms with E-state index in [1.807, 2.05) is 6.07 Å². The first kappa shape index (κ1) is 15.6. The summed E-state index contributed by atoms with van der Waals surface area (Å²) in [6, 6.07) is 8.62. The average molecular weight is 338 g/mol. The van der Waals surface area contributed by atoms with Gasteiger partial charge in [-0.2, -0.15) is 0 Å². The minimum absolute atomic E-state index is 0.0358. The molecule has 0 aliphatic heterocycles. The van der Waals surface area contributed by atoms with Crippen LogP contribution in [0.25, 0.3) is 0 Å². The highest BCUT2D eigenvalue weighted by Crippen LogP contribution is 2.31. The number of amides is 1. The Labute approximate surface area is 130 Å². The van der Waals surface area contributed by atoms with E-state index in [-0.39, 0.29) is 17.9 Å². The molecular weight excluding hydrogens is 314 g/mol. The van der Waals surface area contributed by atoms with Gasteiger partial charge in [-0.3, -0.25) is 4.79 Å². The summed E-state index contributed by atoms with van der Waals surface area (Å²) in [5, 5.41) is 4.05. The van der Waals surface area contributed by atoms with E-state index in [1.165, 1.54) is 11.1 Å². The zero-order chi connectivity index (χ0) is 14.5. The van der Waals surface area contributed by atoms with E-state index >= 15 is 0 Å². The number of benzene rings is 1. The molecule has 2 nitrogen and oxygen atoms in total. The normalized spacial score (nSPS) is 19.5. The van der Waals surface area contributed by atoms with E-state index in [1.54, 1.807) is 0 Å². The van der Waals surface area contributed by atoms with Crippen molar-refractivity contribution in [2.24, 2.45) is 5.92 Å². The van der Waals surface area contributed by atoms with Gasteiger partial charge in [-0.15, -0.1) is 0 Å². The Morgan fingerprint density at radius 1 is 1.40 bits per heavy atom. The predicted octanol–water partition coefficient (Wildman–Crippen LogP) is 4.03. The van der Waals surface area contributed by atoms with E-state index in [4.69, 9.17) is 0 Å². The lowest BCUT2D eigenvalue weighted by Crippen LogP contribution is -2.40. The summed E-state index contributed by atoms with van der Waals surface area (Å²) in [6.07, 6.45) is 4.21. The lowest BCUT2D eigenvalue weighted by molar-refractivity contribution is -0.123. The molecule has 2 unspecified atom stereocenters. The molecule has 1 N–H and O–H groups in total. The largest absolute Gasteiger partial charge is 0.352 e. The molecule has 0 saturated carbocycles. The fourth-order valence-electron chi connectivity index (χ4n) is 3.06. The number of aryl methyl sites for hydroxylation is 1. The molecular formula is C17H24BrNO. The highest BCUT2D eigenvalue weighted by Gasteiger charge is 2.27. The molecule has 110 valence electrons. The molecule has 3 heteroatoms. The van der Waals surface area contributed by atoms with Crippen LogP contribution in [0.2, 0.25) is 0 Å². The lowest BCUT2D eigenvalue weighted by Gasteiger charge is -2.27. The van der Waals surface area contributed by atoms with Gasteiger partial charge in [0.2, 0.25) is 5.91 Å². The summed E-state index contributed by atoms with van der Waals surface area (Å²) < 4.78 is 0. The van der Waals surface area contributed by atoms with Gasteiger partial charge in [-0.05, 0) is 42.7 Å². The minimum Gasteiger partial charge on any atom is -0.352 e. The zero-order valence-corrected chi connectivity index (χ0v) is 13.9. The SMILES string of the molecule is CC(C)CC(CBr)NC(=O)C1CCCc2ccccc21. The number of halogens is 1. The maximum Gasteiger partial charge on any atom is 0.227 e. The number of fused-ring (bicyclic) bond motifs is 1. The van der Waals surface area contributed by atoms with Crippen LogP contribution in [-0.2, 0) is 11.2 Å². The number of alkyl halides is 1. The smallest absolute Gasteiger partial charge is 0.227 e. The summed E-state index contributed by atoms with van der Waals surface area (Å²) in [4.78, 5) is 12.6. The van der Waals surface area contributed by atoms with Gasteiger partial charge >= 0.3 is 0 Å². The maximum atomic E-state index is 12.6. The van der Waals surface area contributed by atoms with E-state index in [0.717, 1.165) is 31.0 Å². The van der Waals surface area contributed by atoms with Crippen LogP contribution in [0, 0.1) is 5.92 Å². The highest BCUT2D eigenvalue weighted by atomic mass is 79.9. The van der Waals surface area contributed by atoms with Crippen LogP contribution in [0.15, 0.2) is 24.3 Å². The Balaban J connectivity index is 2.06. The molecule has 20 heavy (non-hydrogen) atoms. The van der Waals surface area contributed by atoms with Crippen molar-refractivity contribution in [2.45, 2.75) is 51.5 Å². The Morgan fingerprint density at radius 2 is 2.15 bits per heavy atom. The van der Waals surface area contributed by atoms with Crippen LogP contribution in [-0.4, -0.2) is 17.3 Å². The van der Waals surface area contributed by atoms with E-state index in [0.29, 0.717) is 5.92 Å². The fraction of sp³-hybridized carbons (Fsp3) is 0.588. The molecule has 0 spiro atoms. The van der Waals surface area contributed by atoms with Gasteiger partial charge in [-0.25, -0.2) is 0 Å². The van der Waals surface area contributed by atoms with Crippen LogP contribution >= 0.6 is 15.9 Å². The molecule has 1 aromatic carbocycles. The molecule has 1 aliphatic rings. The number of hydrogen-bond acceptors (Lipinski definition) is 1. The summed E-state index contributed by atoms with van der Waals surface area (Å²) in [6.45, 7) is 4.38. The monoisotopic (exact) mass is 337 g/mol. The third-order valence-electron chi connectivity index (χ3n) is 3.97. The third-order valence-corrected chi connectivity index (χ3v) is 4.76. The third kappa shape index (κ3) is 3.85. The zero-order valence-electron chi connectivity index (χ0n) is 12.4. The van der Waals surface area contributed by atoms with Crippen LogP contribution in [0.5, 0.6) is 0 Å². The van der Waals surface area contributed by atoms with Gasteiger partial charge in [0, 0.05) is 11.4 Å². The summed E-state index contributed by atoms with van der Waals surface area (Å²) >= 11 is 3.51. The Bertz CT molecular complexity index is 458. The van der Waals surface area contributed by atoms with Gasteiger partial charge in [0.15, 0.2) is 0 Å². The number of hydrogen-bond donors (Lipinski definition) is 1. The number of nitrogens with one attached hydrogen (secondary N) is 1.